The van der Waals surface area contributed by atoms with Crippen LogP contribution in [0.1, 0.15) is 74.0 Å². The minimum absolute atomic E-state index is 0.00159. The van der Waals surface area contributed by atoms with Crippen LogP contribution in [0.15, 0.2) is 85.5 Å². The Kier molecular flexibility index (Phi) is 13.1. The number of nitrogens with one attached hydrogen (secondary N) is 2. The summed E-state index contributed by atoms with van der Waals surface area (Å²) in [6, 6.07) is 22.6. The van der Waals surface area contributed by atoms with Crippen LogP contribution in [0.2, 0.25) is 0 Å². The fourth-order valence-electron chi connectivity index (χ4n) is 5.37. The van der Waals surface area contributed by atoms with Crippen molar-refractivity contribution in [2.45, 2.75) is 70.1 Å². The molecule has 0 saturated carbocycles. The van der Waals surface area contributed by atoms with Crippen molar-refractivity contribution in [1.82, 2.24) is 4.90 Å². The van der Waals surface area contributed by atoms with Gasteiger partial charge in [-0.15, -0.1) is 6.58 Å². The van der Waals surface area contributed by atoms with Gasteiger partial charge in [0.15, 0.2) is 6.29 Å². The van der Waals surface area contributed by atoms with Crippen molar-refractivity contribution in [3.05, 3.63) is 102 Å². The average molecular weight is 615 g/mol. The van der Waals surface area contributed by atoms with Gasteiger partial charge in [0.1, 0.15) is 0 Å². The van der Waals surface area contributed by atoms with E-state index in [1.54, 1.807) is 12.1 Å². The number of rotatable bonds is 16. The molecule has 0 aromatic heterocycles. The standard InChI is InChI=1S/C36H46N4O5/c1-3-22-40(2)24-30-23-33(27-16-14-26(25-41)15-17-27)45-36(44-30)28-18-20-29(21-19-28)38-34(42)12-6-4-5-7-13-35(43)39-32-11-9-8-10-31(32)37/h3,8-11,14-21,30,33,36,41H,1,4-7,12-13,22-25,37H2,2H3,(H,38,42)(H,39,43). The lowest BCUT2D eigenvalue weighted by molar-refractivity contribution is -0.252. The van der Waals surface area contributed by atoms with E-state index < -0.39 is 6.29 Å². The summed E-state index contributed by atoms with van der Waals surface area (Å²) in [4.78, 5) is 26.9. The normalized spacial score (nSPS) is 18.0. The first-order chi connectivity index (χ1) is 21.8. The molecule has 1 fully saturated rings. The van der Waals surface area contributed by atoms with Crippen LogP contribution >= 0.6 is 0 Å². The zero-order chi connectivity index (χ0) is 32.0. The number of hydrogen-bond acceptors (Lipinski definition) is 7. The van der Waals surface area contributed by atoms with Crippen LogP contribution in [0.5, 0.6) is 0 Å². The van der Waals surface area contributed by atoms with Crippen molar-refractivity contribution in [1.29, 1.82) is 0 Å². The summed E-state index contributed by atoms with van der Waals surface area (Å²) in [6.07, 6.45) is 5.92. The Bertz CT molecular complexity index is 1380. The minimum atomic E-state index is -0.555. The van der Waals surface area contributed by atoms with Crippen LogP contribution in [0.4, 0.5) is 17.1 Å². The molecule has 1 heterocycles. The van der Waals surface area contributed by atoms with E-state index in [-0.39, 0.29) is 30.6 Å². The van der Waals surface area contributed by atoms with Gasteiger partial charge in [0, 0.05) is 43.6 Å². The van der Waals surface area contributed by atoms with Gasteiger partial charge in [0.2, 0.25) is 11.8 Å². The molecule has 3 unspecified atom stereocenters. The predicted molar refractivity (Wildman–Crippen MR) is 178 cm³/mol. The second kappa shape index (κ2) is 17.5. The molecule has 0 bridgehead atoms. The van der Waals surface area contributed by atoms with Gasteiger partial charge in [-0.3, -0.25) is 9.59 Å². The van der Waals surface area contributed by atoms with Gasteiger partial charge in [-0.1, -0.05) is 67.4 Å². The maximum atomic E-state index is 12.6. The van der Waals surface area contributed by atoms with Gasteiger partial charge in [0.05, 0.1) is 30.2 Å². The van der Waals surface area contributed by atoms with Crippen LogP contribution in [-0.4, -0.2) is 48.1 Å². The SMILES string of the molecule is C=CCN(C)CC1CC(c2ccc(CO)cc2)OC(c2ccc(NC(=O)CCCCCCC(=O)Nc3ccccc3N)cc2)O1. The molecule has 9 nitrogen and oxygen atoms in total. The smallest absolute Gasteiger partial charge is 0.224 e. The lowest BCUT2D eigenvalue weighted by atomic mass is 9.99. The molecule has 3 atom stereocenters. The number of carbonyl (C=O) groups excluding carboxylic acids is 2. The summed E-state index contributed by atoms with van der Waals surface area (Å²) >= 11 is 0. The van der Waals surface area contributed by atoms with Crippen LogP contribution in [0.25, 0.3) is 0 Å². The van der Waals surface area contributed by atoms with Crippen LogP contribution in [0.3, 0.4) is 0 Å². The number of ether oxygens (including phenoxy) is 2. The number of aliphatic hydroxyl groups excluding tert-OH is 1. The number of carbonyl (C=O) groups is 2. The van der Waals surface area contributed by atoms with E-state index in [1.807, 2.05) is 73.8 Å². The monoisotopic (exact) mass is 614 g/mol. The molecule has 3 aromatic carbocycles. The Balaban J connectivity index is 1.23. The van der Waals surface area contributed by atoms with E-state index in [0.717, 1.165) is 61.2 Å². The first-order valence-corrected chi connectivity index (χ1v) is 15.7. The third-order valence-corrected chi connectivity index (χ3v) is 7.83. The number of amides is 2. The lowest BCUT2D eigenvalue weighted by Gasteiger charge is -2.37. The summed E-state index contributed by atoms with van der Waals surface area (Å²) in [5.74, 6) is -0.0946. The molecule has 3 aromatic rings. The van der Waals surface area contributed by atoms with Crippen LogP contribution in [0, 0.1) is 0 Å². The number of para-hydroxylation sites is 2. The quantitative estimate of drug-likeness (QED) is 0.0842. The van der Waals surface area contributed by atoms with E-state index >= 15 is 0 Å². The highest BCUT2D eigenvalue weighted by atomic mass is 16.7. The maximum Gasteiger partial charge on any atom is 0.224 e. The lowest BCUT2D eigenvalue weighted by Crippen LogP contribution is -2.37. The van der Waals surface area contributed by atoms with Crippen LogP contribution < -0.4 is 16.4 Å². The van der Waals surface area contributed by atoms with Gasteiger partial charge in [0.25, 0.3) is 0 Å². The minimum Gasteiger partial charge on any atom is -0.397 e. The summed E-state index contributed by atoms with van der Waals surface area (Å²) in [7, 11) is 2.04. The Labute approximate surface area is 266 Å². The molecule has 0 aliphatic carbocycles. The Morgan fingerprint density at radius 2 is 1.56 bits per heavy atom. The molecule has 1 saturated heterocycles. The number of nitrogen functional groups attached to an aromatic ring is 1. The molecular formula is C36H46N4O5. The van der Waals surface area contributed by atoms with E-state index in [4.69, 9.17) is 15.2 Å². The van der Waals surface area contributed by atoms with Crippen LogP contribution in [-0.2, 0) is 25.7 Å². The summed E-state index contributed by atoms with van der Waals surface area (Å²) in [5, 5.41) is 15.2. The predicted octanol–water partition coefficient (Wildman–Crippen LogP) is 6.34. The van der Waals surface area contributed by atoms with Gasteiger partial charge in [-0.25, -0.2) is 0 Å². The Hall–Kier alpha value is -4.02. The summed E-state index contributed by atoms with van der Waals surface area (Å²) in [6.45, 7) is 5.34. The van der Waals surface area contributed by atoms with Crippen molar-refractivity contribution in [3.63, 3.8) is 0 Å². The Morgan fingerprint density at radius 3 is 2.20 bits per heavy atom. The molecule has 5 N–H and O–H groups in total. The second-order valence-electron chi connectivity index (χ2n) is 11.6. The number of aliphatic hydroxyl groups is 1. The van der Waals surface area contributed by atoms with Crippen molar-refractivity contribution in [2.24, 2.45) is 0 Å². The van der Waals surface area contributed by atoms with Crippen molar-refractivity contribution < 1.29 is 24.2 Å². The van der Waals surface area contributed by atoms with E-state index in [1.165, 1.54) is 0 Å². The first kappa shape index (κ1) is 33.9. The molecule has 0 radical (unpaired) electrons. The highest BCUT2D eigenvalue weighted by Gasteiger charge is 2.32. The highest BCUT2D eigenvalue weighted by molar-refractivity contribution is 5.93. The van der Waals surface area contributed by atoms with Gasteiger partial charge in [-0.2, -0.15) is 0 Å². The molecule has 9 heteroatoms. The zero-order valence-corrected chi connectivity index (χ0v) is 26.1. The number of hydrogen-bond donors (Lipinski definition) is 4. The number of anilines is 3. The molecular weight excluding hydrogens is 568 g/mol. The number of benzene rings is 3. The van der Waals surface area contributed by atoms with E-state index in [9.17, 15) is 14.7 Å². The molecule has 2 amide bonds. The maximum absolute atomic E-state index is 12.6. The van der Waals surface area contributed by atoms with Gasteiger partial charge < -0.3 is 35.8 Å². The largest absolute Gasteiger partial charge is 0.397 e. The molecule has 240 valence electrons. The number of likely N-dealkylation sites (N-methyl/N-ethyl adjacent to an activating group) is 1. The number of nitrogens with zero attached hydrogens (tertiary/aromatic N) is 1. The third kappa shape index (κ3) is 10.8. The fraction of sp³-hybridized carbons (Fsp3) is 0.389. The highest BCUT2D eigenvalue weighted by Crippen LogP contribution is 2.38. The topological polar surface area (TPSA) is 126 Å². The van der Waals surface area contributed by atoms with E-state index in [2.05, 4.69) is 22.1 Å². The van der Waals surface area contributed by atoms with Gasteiger partial charge >= 0.3 is 0 Å². The summed E-state index contributed by atoms with van der Waals surface area (Å²) < 4.78 is 12.8. The Morgan fingerprint density at radius 1 is 0.911 bits per heavy atom. The van der Waals surface area contributed by atoms with Gasteiger partial charge in [-0.05, 0) is 55.3 Å². The fourth-order valence-corrected chi connectivity index (χ4v) is 5.37. The number of unbranched alkanes of at least 4 members (excludes halogenated alkanes) is 3. The summed E-state index contributed by atoms with van der Waals surface area (Å²) in [5.41, 5.74) is 10.6. The van der Waals surface area contributed by atoms with Crippen molar-refractivity contribution >= 4 is 28.9 Å². The van der Waals surface area contributed by atoms with Crippen molar-refractivity contribution in [2.75, 3.05) is 36.5 Å². The zero-order valence-electron chi connectivity index (χ0n) is 26.1. The molecule has 1 aliphatic heterocycles. The third-order valence-electron chi connectivity index (χ3n) is 7.83. The molecule has 4 rings (SSSR count). The van der Waals surface area contributed by atoms with E-state index in [0.29, 0.717) is 30.6 Å². The molecule has 1 aliphatic rings. The molecule has 45 heavy (non-hydrogen) atoms. The number of nitrogens with two attached hydrogens (primary N) is 1. The average Bonchev–Trinajstić information content (AvgIpc) is 3.04. The van der Waals surface area contributed by atoms with Crippen molar-refractivity contribution in [3.8, 4) is 0 Å². The second-order valence-corrected chi connectivity index (χ2v) is 11.6. The molecule has 0 spiro atoms. The first-order valence-electron chi connectivity index (χ1n) is 15.7.